The Morgan fingerprint density at radius 2 is 1.66 bits per heavy atom. The van der Waals surface area contributed by atoms with E-state index in [1.807, 2.05) is 15.2 Å². The lowest BCUT2D eigenvalue weighted by molar-refractivity contribution is -0.384. The van der Waals surface area contributed by atoms with Gasteiger partial charge in [-0.3, -0.25) is 19.7 Å². The number of esters is 2. The fourth-order valence-electron chi connectivity index (χ4n) is 7.61. The third-order valence-corrected chi connectivity index (χ3v) is 11.4. The normalized spacial score (nSPS) is 19.8. The molecule has 0 N–H and O–H groups in total. The molecule has 1 saturated heterocycles. The van der Waals surface area contributed by atoms with Gasteiger partial charge in [-0.15, -0.1) is 11.8 Å². The predicted molar refractivity (Wildman–Crippen MR) is 207 cm³/mol. The van der Waals surface area contributed by atoms with Crippen LogP contribution in [0, 0.1) is 16.0 Å². The summed E-state index contributed by atoms with van der Waals surface area (Å²) in [6.07, 6.45) is 0.133. The molecule has 0 bridgehead atoms. The number of carbonyl (C=O) groups excluding carboxylic acids is 3. The third-order valence-electron chi connectivity index (χ3n) is 10.3. The van der Waals surface area contributed by atoms with Gasteiger partial charge in [0.05, 0.1) is 41.7 Å². The highest BCUT2D eigenvalue weighted by Gasteiger charge is 2.50. The molecule has 1 fully saturated rings. The molecular weight excluding hydrogens is 699 g/mol. The molecule has 3 aliphatic rings. The summed E-state index contributed by atoms with van der Waals surface area (Å²) in [6.45, 7) is 17.8. The summed E-state index contributed by atoms with van der Waals surface area (Å²) in [5, 5.41) is 13.1. The number of anilines is 3. The number of thioether (sulfide) groups is 1. The molecule has 0 aliphatic carbocycles. The minimum atomic E-state index is -0.995. The van der Waals surface area contributed by atoms with Gasteiger partial charge in [-0.05, 0) is 64.6 Å². The van der Waals surface area contributed by atoms with Crippen LogP contribution < -0.4 is 14.7 Å². The highest BCUT2D eigenvalue weighted by atomic mass is 32.2. The second-order valence-corrected chi connectivity index (χ2v) is 14.0. The van der Waals surface area contributed by atoms with Crippen LogP contribution in [-0.2, 0) is 23.9 Å². The first kappa shape index (κ1) is 39.4. The number of fused-ring (bicyclic) bond motifs is 1. The van der Waals surface area contributed by atoms with Crippen molar-refractivity contribution in [1.82, 2.24) is 14.8 Å². The van der Waals surface area contributed by atoms with E-state index in [4.69, 9.17) is 14.5 Å². The highest BCUT2D eigenvalue weighted by molar-refractivity contribution is 8.03. The molecule has 1 aromatic heterocycles. The van der Waals surface area contributed by atoms with Gasteiger partial charge < -0.3 is 34.0 Å². The van der Waals surface area contributed by atoms with Crippen LogP contribution in [0.25, 0.3) is 0 Å². The van der Waals surface area contributed by atoms with E-state index in [-0.39, 0.29) is 30.2 Å². The van der Waals surface area contributed by atoms with Crippen molar-refractivity contribution in [2.45, 2.75) is 59.3 Å². The molecule has 15 heteroatoms. The van der Waals surface area contributed by atoms with Crippen LogP contribution in [0.1, 0.15) is 59.4 Å². The number of piperazine rings is 1. The summed E-state index contributed by atoms with van der Waals surface area (Å²) in [5.41, 5.74) is 2.64. The summed E-state index contributed by atoms with van der Waals surface area (Å²) in [4.78, 5) is 68.1. The Kier molecular flexibility index (Phi) is 12.9. The van der Waals surface area contributed by atoms with E-state index in [9.17, 15) is 24.5 Å². The van der Waals surface area contributed by atoms with Crippen molar-refractivity contribution in [3.8, 4) is 0 Å². The largest absolute Gasteiger partial charge is 0.466 e. The smallest absolute Gasteiger partial charge is 0.336 e. The predicted octanol–water partition coefficient (Wildman–Crippen LogP) is 5.36. The molecule has 3 aliphatic heterocycles. The zero-order valence-corrected chi connectivity index (χ0v) is 32.6. The van der Waals surface area contributed by atoms with Crippen molar-refractivity contribution in [3.05, 3.63) is 74.5 Å². The van der Waals surface area contributed by atoms with Gasteiger partial charge in [0.2, 0.25) is 5.91 Å². The quantitative estimate of drug-likeness (QED) is 0.139. The van der Waals surface area contributed by atoms with Gasteiger partial charge >= 0.3 is 11.9 Å². The molecule has 1 amide bonds. The van der Waals surface area contributed by atoms with E-state index in [1.54, 1.807) is 19.9 Å². The molecule has 53 heavy (non-hydrogen) atoms. The lowest BCUT2D eigenvalue weighted by atomic mass is 9.74. The Balaban J connectivity index is 1.40. The van der Waals surface area contributed by atoms with Crippen LogP contribution in [0.2, 0.25) is 0 Å². The molecule has 14 nitrogen and oxygen atoms in total. The van der Waals surface area contributed by atoms with Crippen LogP contribution in [-0.4, -0.2) is 109 Å². The molecule has 1 aromatic carbocycles. The molecule has 2 aromatic rings. The third kappa shape index (κ3) is 7.94. The SMILES string of the molecule is CCOC(=O)C1C2=CSC(CC(=O)N3CCN(c4nc(N(CC)CC)ccc4N(CC)CC)CC3)N2C(C)=C(C(=O)OC)C1c1cccc([N+](=O)[O-])c1. The number of non-ortho nitro benzene ring substituents is 1. The van der Waals surface area contributed by atoms with Crippen LogP contribution in [0.4, 0.5) is 23.0 Å². The van der Waals surface area contributed by atoms with Crippen molar-refractivity contribution in [1.29, 1.82) is 0 Å². The number of aromatic nitrogens is 1. The maximum absolute atomic E-state index is 14.0. The number of allylic oxidation sites excluding steroid dienone is 1. The van der Waals surface area contributed by atoms with E-state index in [2.05, 4.69) is 54.5 Å². The number of benzene rings is 1. The Hall–Kier alpha value is -4.79. The lowest BCUT2D eigenvalue weighted by Crippen LogP contribution is -2.50. The van der Waals surface area contributed by atoms with Crippen LogP contribution >= 0.6 is 11.8 Å². The van der Waals surface area contributed by atoms with E-state index in [0.29, 0.717) is 43.1 Å². The average molecular weight is 750 g/mol. The minimum Gasteiger partial charge on any atom is -0.466 e. The summed E-state index contributed by atoms with van der Waals surface area (Å²) in [7, 11) is 1.26. The number of hydrogen-bond donors (Lipinski definition) is 0. The number of amides is 1. The molecule has 0 radical (unpaired) electrons. The van der Waals surface area contributed by atoms with Gasteiger partial charge in [0, 0.05) is 81.8 Å². The zero-order valence-electron chi connectivity index (χ0n) is 31.7. The Morgan fingerprint density at radius 3 is 2.26 bits per heavy atom. The fraction of sp³-hybridized carbons (Fsp3) is 0.526. The van der Waals surface area contributed by atoms with E-state index < -0.39 is 34.1 Å². The minimum absolute atomic E-state index is 0.0356. The summed E-state index contributed by atoms with van der Waals surface area (Å²) in [6, 6.07) is 10.2. The molecular formula is C38H51N7O7S. The molecule has 0 saturated carbocycles. The fourth-order valence-corrected chi connectivity index (χ4v) is 8.80. The van der Waals surface area contributed by atoms with E-state index >= 15 is 0 Å². The van der Waals surface area contributed by atoms with Crippen LogP contribution in [0.5, 0.6) is 0 Å². The summed E-state index contributed by atoms with van der Waals surface area (Å²) < 4.78 is 10.8. The van der Waals surface area contributed by atoms with E-state index in [1.165, 1.54) is 37.1 Å². The Labute approximate surface area is 315 Å². The van der Waals surface area contributed by atoms with Crippen molar-refractivity contribution < 1.29 is 28.8 Å². The van der Waals surface area contributed by atoms with Gasteiger partial charge in [0.15, 0.2) is 5.82 Å². The number of nitrogens with zero attached hydrogens (tertiary/aromatic N) is 7. The summed E-state index contributed by atoms with van der Waals surface area (Å²) >= 11 is 1.41. The molecule has 3 atom stereocenters. The molecule has 4 heterocycles. The number of pyridine rings is 1. The molecule has 286 valence electrons. The van der Waals surface area contributed by atoms with Crippen LogP contribution in [0.15, 0.2) is 58.8 Å². The summed E-state index contributed by atoms with van der Waals surface area (Å²) in [5.74, 6) is -1.29. The molecule has 3 unspecified atom stereocenters. The maximum atomic E-state index is 14.0. The highest BCUT2D eigenvalue weighted by Crippen LogP contribution is 2.52. The number of hydrogen-bond acceptors (Lipinski definition) is 13. The number of carbonyl (C=O) groups is 3. The maximum Gasteiger partial charge on any atom is 0.336 e. The second-order valence-electron chi connectivity index (χ2n) is 13.0. The van der Waals surface area contributed by atoms with Crippen molar-refractivity contribution in [3.63, 3.8) is 0 Å². The zero-order chi connectivity index (χ0) is 38.4. The first-order valence-corrected chi connectivity index (χ1v) is 19.4. The average Bonchev–Trinajstić information content (AvgIpc) is 3.59. The first-order chi connectivity index (χ1) is 25.5. The van der Waals surface area contributed by atoms with Gasteiger partial charge in [-0.25, -0.2) is 9.78 Å². The van der Waals surface area contributed by atoms with Crippen molar-refractivity contribution >= 4 is 52.6 Å². The number of ether oxygens (including phenoxy) is 2. The molecule has 0 spiro atoms. The number of nitro benzene ring substituents is 1. The second kappa shape index (κ2) is 17.4. The van der Waals surface area contributed by atoms with E-state index in [0.717, 1.165) is 43.5 Å². The number of rotatable bonds is 14. The Bertz CT molecular complexity index is 1750. The van der Waals surface area contributed by atoms with Gasteiger partial charge in [0.1, 0.15) is 11.7 Å². The standard InChI is InChI=1S/C38H51N7O7S/c1-8-40(9-2)28-16-17-30(41(10-3)11-4)39-36(28)43-20-18-42(19-21-43)31(46)23-32-44-25(6)33(37(47)51-7)34(26-14-13-15-27(22-26)45(49)50)35(29(44)24-53-32)38(48)52-12-5/h13-17,22,24,32,34-35H,8-12,18-21,23H2,1-7H3. The van der Waals surface area contributed by atoms with Crippen molar-refractivity contribution in [2.75, 3.05) is 80.8 Å². The Morgan fingerprint density at radius 1 is 0.981 bits per heavy atom. The number of methoxy groups -OCH3 is 1. The van der Waals surface area contributed by atoms with Crippen LogP contribution in [0.3, 0.4) is 0 Å². The topological polar surface area (TPSA) is 142 Å². The lowest BCUT2D eigenvalue weighted by Gasteiger charge is -2.42. The van der Waals surface area contributed by atoms with Gasteiger partial charge in [-0.2, -0.15) is 0 Å². The van der Waals surface area contributed by atoms with Crippen molar-refractivity contribution in [2.24, 2.45) is 5.92 Å². The monoisotopic (exact) mass is 749 g/mol. The number of nitro groups is 1. The van der Waals surface area contributed by atoms with Gasteiger partial charge in [-0.1, -0.05) is 12.1 Å². The molecule has 5 rings (SSSR count). The first-order valence-electron chi connectivity index (χ1n) is 18.4. The van der Waals surface area contributed by atoms with Gasteiger partial charge in [0.25, 0.3) is 5.69 Å².